The fraction of sp³-hybridized carbons (Fsp3) is 0.632. The summed E-state index contributed by atoms with van der Waals surface area (Å²) in [5.74, 6) is 1.13. The molecule has 0 bridgehead atoms. The summed E-state index contributed by atoms with van der Waals surface area (Å²) in [6, 6.07) is 6.12. The first kappa shape index (κ1) is 19.2. The summed E-state index contributed by atoms with van der Waals surface area (Å²) in [5, 5.41) is 3.15. The first-order valence-corrected chi connectivity index (χ1v) is 11.1. The molecular weight excluding hydrogens is 352 g/mol. The number of ether oxygens (including phenoxy) is 1. The summed E-state index contributed by atoms with van der Waals surface area (Å²) in [7, 11) is -1.24. The van der Waals surface area contributed by atoms with E-state index in [9.17, 15) is 13.2 Å². The predicted molar refractivity (Wildman–Crippen MR) is 101 cm³/mol. The number of benzene rings is 1. The zero-order valence-corrected chi connectivity index (χ0v) is 16.3. The summed E-state index contributed by atoms with van der Waals surface area (Å²) in [4.78, 5) is 15.1. The standard InChI is InChI=1S/C19H28N2O4S/c1-14-4-3-5-17(25-2)18(14)19(22)20-15-6-10-21(11-7-15)16-8-12-26(23,24)13-9-16/h3-5,15-16H,6-13H2,1-2H3,(H,20,22). The van der Waals surface area contributed by atoms with E-state index in [2.05, 4.69) is 10.2 Å². The molecule has 6 nitrogen and oxygen atoms in total. The van der Waals surface area contributed by atoms with E-state index in [0.29, 0.717) is 28.9 Å². The lowest BCUT2D eigenvalue weighted by molar-refractivity contribution is 0.0882. The number of carbonyl (C=O) groups is 1. The molecule has 2 heterocycles. The molecule has 26 heavy (non-hydrogen) atoms. The molecule has 7 heteroatoms. The van der Waals surface area contributed by atoms with Gasteiger partial charge in [-0.1, -0.05) is 12.1 Å². The van der Waals surface area contributed by atoms with Crippen LogP contribution in [0.4, 0.5) is 0 Å². The minimum atomic E-state index is -2.82. The normalized spacial score (nSPS) is 22.1. The quantitative estimate of drug-likeness (QED) is 0.862. The number of methoxy groups -OCH3 is 1. The molecule has 0 unspecified atom stereocenters. The minimum absolute atomic E-state index is 0.0813. The Labute approximate surface area is 155 Å². The Morgan fingerprint density at radius 2 is 1.81 bits per heavy atom. The Morgan fingerprint density at radius 3 is 2.42 bits per heavy atom. The van der Waals surface area contributed by atoms with E-state index in [-0.39, 0.29) is 11.9 Å². The van der Waals surface area contributed by atoms with E-state index in [1.54, 1.807) is 7.11 Å². The van der Waals surface area contributed by atoms with Crippen molar-refractivity contribution in [1.29, 1.82) is 0 Å². The van der Waals surface area contributed by atoms with Crippen LogP contribution in [0.15, 0.2) is 18.2 Å². The third-order valence-electron chi connectivity index (χ3n) is 5.59. The number of piperidine rings is 1. The number of sulfone groups is 1. The Balaban J connectivity index is 1.54. The summed E-state index contributed by atoms with van der Waals surface area (Å²) in [5.41, 5.74) is 1.51. The topological polar surface area (TPSA) is 75.7 Å². The van der Waals surface area contributed by atoms with Crippen LogP contribution < -0.4 is 10.1 Å². The van der Waals surface area contributed by atoms with E-state index < -0.39 is 9.84 Å². The van der Waals surface area contributed by atoms with Gasteiger partial charge in [-0.25, -0.2) is 8.42 Å². The number of carbonyl (C=O) groups excluding carboxylic acids is 1. The molecule has 1 amide bonds. The molecule has 1 N–H and O–H groups in total. The second-order valence-corrected chi connectivity index (χ2v) is 9.62. The van der Waals surface area contributed by atoms with Crippen molar-refractivity contribution in [2.24, 2.45) is 0 Å². The van der Waals surface area contributed by atoms with Crippen LogP contribution in [-0.4, -0.2) is 63.0 Å². The third kappa shape index (κ3) is 4.38. The molecule has 1 aromatic carbocycles. The van der Waals surface area contributed by atoms with Crippen LogP contribution in [0.2, 0.25) is 0 Å². The van der Waals surface area contributed by atoms with Gasteiger partial charge >= 0.3 is 0 Å². The molecule has 2 fully saturated rings. The van der Waals surface area contributed by atoms with Gasteiger partial charge in [0.25, 0.3) is 5.91 Å². The lowest BCUT2D eigenvalue weighted by Crippen LogP contribution is -2.49. The Morgan fingerprint density at radius 1 is 1.15 bits per heavy atom. The van der Waals surface area contributed by atoms with Crippen LogP contribution in [0.3, 0.4) is 0 Å². The van der Waals surface area contributed by atoms with E-state index in [1.165, 1.54) is 0 Å². The van der Waals surface area contributed by atoms with Crippen molar-refractivity contribution in [2.45, 2.75) is 44.7 Å². The van der Waals surface area contributed by atoms with Crippen molar-refractivity contribution >= 4 is 15.7 Å². The zero-order chi connectivity index (χ0) is 18.7. The number of nitrogens with one attached hydrogen (secondary N) is 1. The molecule has 2 saturated heterocycles. The van der Waals surface area contributed by atoms with Gasteiger partial charge in [0.05, 0.1) is 24.2 Å². The molecule has 0 atom stereocenters. The van der Waals surface area contributed by atoms with Gasteiger partial charge in [0.1, 0.15) is 15.6 Å². The van der Waals surface area contributed by atoms with Gasteiger partial charge in [-0.05, 0) is 44.2 Å². The number of aryl methyl sites for hydroxylation is 1. The fourth-order valence-corrected chi connectivity index (χ4v) is 5.48. The molecule has 2 aliphatic heterocycles. The summed E-state index contributed by atoms with van der Waals surface area (Å²) < 4.78 is 28.5. The van der Waals surface area contributed by atoms with Gasteiger partial charge < -0.3 is 15.0 Å². The predicted octanol–water partition coefficient (Wildman–Crippen LogP) is 1.78. The van der Waals surface area contributed by atoms with Crippen LogP contribution >= 0.6 is 0 Å². The van der Waals surface area contributed by atoms with Crippen LogP contribution in [0.5, 0.6) is 5.75 Å². The summed E-state index contributed by atoms with van der Waals surface area (Å²) in [6.45, 7) is 3.72. The average Bonchev–Trinajstić information content (AvgIpc) is 2.62. The molecule has 0 spiro atoms. The van der Waals surface area contributed by atoms with Crippen LogP contribution in [0.25, 0.3) is 0 Å². The maximum Gasteiger partial charge on any atom is 0.255 e. The molecule has 0 radical (unpaired) electrons. The third-order valence-corrected chi connectivity index (χ3v) is 7.30. The van der Waals surface area contributed by atoms with Crippen molar-refractivity contribution in [3.05, 3.63) is 29.3 Å². The van der Waals surface area contributed by atoms with Crippen molar-refractivity contribution in [2.75, 3.05) is 31.7 Å². The zero-order valence-electron chi connectivity index (χ0n) is 15.5. The van der Waals surface area contributed by atoms with E-state index in [4.69, 9.17) is 4.74 Å². The monoisotopic (exact) mass is 380 g/mol. The van der Waals surface area contributed by atoms with Crippen molar-refractivity contribution < 1.29 is 17.9 Å². The highest BCUT2D eigenvalue weighted by Crippen LogP contribution is 2.24. The van der Waals surface area contributed by atoms with Gasteiger partial charge in [-0.3, -0.25) is 4.79 Å². The second kappa shape index (κ2) is 7.96. The molecule has 1 aromatic rings. The van der Waals surface area contributed by atoms with Crippen LogP contribution in [-0.2, 0) is 9.84 Å². The molecule has 0 saturated carbocycles. The molecule has 144 valence electrons. The second-order valence-electron chi connectivity index (χ2n) is 7.32. The Kier molecular flexibility index (Phi) is 5.87. The van der Waals surface area contributed by atoms with E-state index in [0.717, 1.165) is 44.3 Å². The van der Waals surface area contributed by atoms with Gasteiger partial charge in [0, 0.05) is 25.2 Å². The highest BCUT2D eigenvalue weighted by Gasteiger charge is 2.31. The first-order valence-electron chi connectivity index (χ1n) is 9.28. The average molecular weight is 381 g/mol. The maximum absolute atomic E-state index is 12.7. The number of hydrogen-bond donors (Lipinski definition) is 1. The van der Waals surface area contributed by atoms with Gasteiger partial charge in [0.15, 0.2) is 0 Å². The summed E-state index contributed by atoms with van der Waals surface area (Å²) in [6.07, 6.45) is 3.26. The summed E-state index contributed by atoms with van der Waals surface area (Å²) >= 11 is 0. The van der Waals surface area contributed by atoms with Crippen LogP contribution in [0, 0.1) is 6.92 Å². The van der Waals surface area contributed by atoms with Crippen LogP contribution in [0.1, 0.15) is 41.6 Å². The molecular formula is C19H28N2O4S. The minimum Gasteiger partial charge on any atom is -0.496 e. The van der Waals surface area contributed by atoms with Crippen molar-refractivity contribution in [3.63, 3.8) is 0 Å². The number of nitrogens with zero attached hydrogens (tertiary/aromatic N) is 1. The molecule has 2 aliphatic rings. The Hall–Kier alpha value is -1.60. The van der Waals surface area contributed by atoms with E-state index in [1.807, 2.05) is 25.1 Å². The van der Waals surface area contributed by atoms with Crippen molar-refractivity contribution in [1.82, 2.24) is 10.2 Å². The maximum atomic E-state index is 12.7. The molecule has 0 aliphatic carbocycles. The lowest BCUT2D eigenvalue weighted by Gasteiger charge is -2.39. The fourth-order valence-electron chi connectivity index (χ4n) is 4.01. The number of likely N-dealkylation sites (tertiary alicyclic amines) is 1. The lowest BCUT2D eigenvalue weighted by atomic mass is 9.99. The first-order chi connectivity index (χ1) is 12.4. The molecule has 3 rings (SSSR count). The largest absolute Gasteiger partial charge is 0.496 e. The number of amides is 1. The highest BCUT2D eigenvalue weighted by atomic mass is 32.2. The van der Waals surface area contributed by atoms with Gasteiger partial charge in [0.2, 0.25) is 0 Å². The SMILES string of the molecule is COc1cccc(C)c1C(=O)NC1CCN(C2CCS(=O)(=O)CC2)CC1. The van der Waals surface area contributed by atoms with Gasteiger partial charge in [-0.15, -0.1) is 0 Å². The smallest absolute Gasteiger partial charge is 0.255 e. The van der Waals surface area contributed by atoms with Gasteiger partial charge in [-0.2, -0.15) is 0 Å². The van der Waals surface area contributed by atoms with Crippen molar-refractivity contribution in [3.8, 4) is 5.75 Å². The number of rotatable bonds is 4. The number of hydrogen-bond acceptors (Lipinski definition) is 5. The Bertz CT molecular complexity index is 741. The van der Waals surface area contributed by atoms with E-state index >= 15 is 0 Å². The molecule has 0 aromatic heterocycles. The highest BCUT2D eigenvalue weighted by molar-refractivity contribution is 7.91.